The van der Waals surface area contributed by atoms with Crippen molar-refractivity contribution in [2.24, 2.45) is 5.10 Å². The van der Waals surface area contributed by atoms with Crippen LogP contribution in [0.4, 0.5) is 11.4 Å². The van der Waals surface area contributed by atoms with Crippen LogP contribution >= 0.6 is 15.9 Å². The topological polar surface area (TPSA) is 140 Å². The number of non-ortho nitro benzene ring substituents is 1. The molecule has 0 saturated carbocycles. The number of benzene rings is 4. The number of hydrogen-bond acceptors (Lipinski definition) is 7. The van der Waals surface area contributed by atoms with Crippen molar-refractivity contribution in [2.45, 2.75) is 0 Å². The molecular weight excluding hydrogens is 568 g/mol. The van der Waals surface area contributed by atoms with Gasteiger partial charge in [-0.1, -0.05) is 28.1 Å². The Hall–Kier alpha value is -5.16. The van der Waals surface area contributed by atoms with E-state index >= 15 is 0 Å². The van der Waals surface area contributed by atoms with Crippen molar-refractivity contribution in [2.75, 3.05) is 5.32 Å². The van der Waals surface area contributed by atoms with Gasteiger partial charge in [0, 0.05) is 39.0 Å². The highest BCUT2D eigenvalue weighted by Crippen LogP contribution is 2.19. The predicted octanol–water partition coefficient (Wildman–Crippen LogP) is 5.59. The number of rotatable bonds is 8. The molecule has 194 valence electrons. The zero-order chi connectivity index (χ0) is 27.8. The van der Waals surface area contributed by atoms with Crippen molar-refractivity contribution in [1.82, 2.24) is 5.43 Å². The van der Waals surface area contributed by atoms with Crippen LogP contribution < -0.4 is 15.5 Å². The fraction of sp³-hybridized carbons (Fsp3) is 0. The molecule has 0 bridgehead atoms. The van der Waals surface area contributed by atoms with Crippen LogP contribution in [0.2, 0.25) is 0 Å². The van der Waals surface area contributed by atoms with E-state index in [1.54, 1.807) is 72.8 Å². The third kappa shape index (κ3) is 7.21. The first-order chi connectivity index (χ1) is 18.8. The number of nitro groups is 1. The number of nitro benzene ring substituents is 1. The summed E-state index contributed by atoms with van der Waals surface area (Å²) in [7, 11) is 0. The largest absolute Gasteiger partial charge is 0.422 e. The van der Waals surface area contributed by atoms with Gasteiger partial charge in [0.1, 0.15) is 5.75 Å². The predicted molar refractivity (Wildman–Crippen MR) is 148 cm³/mol. The lowest BCUT2D eigenvalue weighted by Gasteiger charge is -2.08. The Bertz CT molecular complexity index is 1550. The van der Waals surface area contributed by atoms with Gasteiger partial charge in [-0.2, -0.15) is 5.10 Å². The van der Waals surface area contributed by atoms with Crippen LogP contribution in [0.1, 0.15) is 36.6 Å². The van der Waals surface area contributed by atoms with Gasteiger partial charge in [-0.15, -0.1) is 0 Å². The minimum Gasteiger partial charge on any atom is -0.422 e. The van der Waals surface area contributed by atoms with E-state index < -0.39 is 16.8 Å². The number of esters is 1. The summed E-state index contributed by atoms with van der Waals surface area (Å²) in [6, 6.07) is 24.8. The molecule has 39 heavy (non-hydrogen) atoms. The molecule has 11 heteroatoms. The summed E-state index contributed by atoms with van der Waals surface area (Å²) < 4.78 is 6.27. The summed E-state index contributed by atoms with van der Waals surface area (Å²) in [6.45, 7) is 0. The van der Waals surface area contributed by atoms with Crippen LogP contribution in [0.3, 0.4) is 0 Å². The molecule has 0 saturated heterocycles. The number of amides is 2. The van der Waals surface area contributed by atoms with E-state index in [1.165, 1.54) is 30.5 Å². The molecule has 2 N–H and O–H groups in total. The smallest absolute Gasteiger partial charge is 0.343 e. The fourth-order valence-corrected chi connectivity index (χ4v) is 3.56. The van der Waals surface area contributed by atoms with E-state index in [-0.39, 0.29) is 22.9 Å². The quantitative estimate of drug-likeness (QED) is 0.0906. The summed E-state index contributed by atoms with van der Waals surface area (Å²) in [5.74, 6) is -1.29. The Morgan fingerprint density at radius 1 is 0.795 bits per heavy atom. The van der Waals surface area contributed by atoms with Crippen LogP contribution in [0.15, 0.2) is 107 Å². The number of hydrogen-bond donors (Lipinski definition) is 2. The molecule has 2 amide bonds. The second-order valence-corrected chi connectivity index (χ2v) is 8.88. The standard InChI is InChI=1S/C28H19BrN4O6/c29-22-11-5-18(6-12-22)26(34)31-23-13-7-19(8-14-23)27(35)32-30-17-21-3-1-2-4-25(21)39-28(36)20-9-15-24(16-10-20)33(37)38/h1-17H,(H,31,34)(H,32,35)/b30-17-. The highest BCUT2D eigenvalue weighted by Gasteiger charge is 2.13. The maximum atomic E-state index is 12.5. The average molecular weight is 587 g/mol. The van der Waals surface area contributed by atoms with Crippen LogP contribution in [0.25, 0.3) is 0 Å². The van der Waals surface area contributed by atoms with Crippen molar-refractivity contribution in [3.63, 3.8) is 0 Å². The molecule has 0 aromatic heterocycles. The lowest BCUT2D eigenvalue weighted by atomic mass is 10.1. The molecule has 0 atom stereocenters. The second kappa shape index (κ2) is 12.4. The Kier molecular flexibility index (Phi) is 8.54. The highest BCUT2D eigenvalue weighted by atomic mass is 79.9. The molecule has 0 unspecified atom stereocenters. The molecule has 0 fully saturated rings. The zero-order valence-corrected chi connectivity index (χ0v) is 21.6. The first-order valence-corrected chi connectivity index (χ1v) is 12.2. The van der Waals surface area contributed by atoms with E-state index in [4.69, 9.17) is 4.74 Å². The molecule has 0 aliphatic heterocycles. The second-order valence-electron chi connectivity index (χ2n) is 7.97. The monoisotopic (exact) mass is 586 g/mol. The number of nitrogens with one attached hydrogen (secondary N) is 2. The summed E-state index contributed by atoms with van der Waals surface area (Å²) in [5, 5.41) is 17.5. The number of nitrogens with zero attached hydrogens (tertiary/aromatic N) is 2. The Balaban J connectivity index is 1.35. The number of para-hydroxylation sites is 1. The Morgan fingerprint density at radius 3 is 2.05 bits per heavy atom. The van der Waals surface area contributed by atoms with Gasteiger partial charge in [-0.05, 0) is 72.8 Å². The fourth-order valence-electron chi connectivity index (χ4n) is 3.29. The molecule has 4 rings (SSSR count). The van der Waals surface area contributed by atoms with E-state index in [9.17, 15) is 24.5 Å². The van der Waals surface area contributed by atoms with Crippen molar-refractivity contribution in [1.29, 1.82) is 0 Å². The molecule has 0 aliphatic rings. The zero-order valence-electron chi connectivity index (χ0n) is 20.0. The van der Waals surface area contributed by atoms with E-state index in [0.717, 1.165) is 4.47 Å². The molecule has 0 heterocycles. The van der Waals surface area contributed by atoms with Gasteiger partial charge in [0.25, 0.3) is 17.5 Å². The Morgan fingerprint density at radius 2 is 1.38 bits per heavy atom. The van der Waals surface area contributed by atoms with E-state index in [1.807, 2.05) is 0 Å². The van der Waals surface area contributed by atoms with Crippen molar-refractivity contribution in [3.8, 4) is 5.75 Å². The number of carbonyl (C=O) groups excluding carboxylic acids is 3. The van der Waals surface area contributed by atoms with Gasteiger partial charge >= 0.3 is 5.97 Å². The van der Waals surface area contributed by atoms with Crippen molar-refractivity contribution < 1.29 is 24.0 Å². The minimum absolute atomic E-state index is 0.136. The maximum Gasteiger partial charge on any atom is 0.343 e. The molecule has 4 aromatic rings. The van der Waals surface area contributed by atoms with E-state index in [2.05, 4.69) is 31.8 Å². The minimum atomic E-state index is -0.706. The summed E-state index contributed by atoms with van der Waals surface area (Å²) >= 11 is 3.32. The lowest BCUT2D eigenvalue weighted by Crippen LogP contribution is -2.18. The van der Waals surface area contributed by atoms with Crippen molar-refractivity contribution in [3.05, 3.63) is 134 Å². The van der Waals surface area contributed by atoms with Crippen molar-refractivity contribution >= 4 is 51.3 Å². The number of ether oxygens (including phenoxy) is 1. The van der Waals surface area contributed by atoms with Gasteiger partial charge < -0.3 is 10.1 Å². The highest BCUT2D eigenvalue weighted by molar-refractivity contribution is 9.10. The van der Waals surface area contributed by atoms with Crippen LogP contribution in [-0.4, -0.2) is 28.9 Å². The number of carbonyl (C=O) groups is 3. The molecule has 4 aromatic carbocycles. The Labute approximate surface area is 230 Å². The summed E-state index contributed by atoms with van der Waals surface area (Å²) in [5.41, 5.74) is 4.14. The van der Waals surface area contributed by atoms with Crippen LogP contribution in [0, 0.1) is 10.1 Å². The summed E-state index contributed by atoms with van der Waals surface area (Å²) in [6.07, 6.45) is 1.32. The molecular formula is C28H19BrN4O6. The molecule has 0 spiro atoms. The lowest BCUT2D eigenvalue weighted by molar-refractivity contribution is -0.384. The first-order valence-electron chi connectivity index (χ1n) is 11.4. The van der Waals surface area contributed by atoms with Gasteiger partial charge in [0.15, 0.2) is 0 Å². The number of halogens is 1. The SMILES string of the molecule is O=C(N/N=C\c1ccccc1OC(=O)c1ccc([N+](=O)[O-])cc1)c1ccc(NC(=O)c2ccc(Br)cc2)cc1. The van der Waals surface area contributed by atoms with Gasteiger partial charge in [0.2, 0.25) is 0 Å². The number of hydrazone groups is 1. The van der Waals surface area contributed by atoms with Gasteiger partial charge in [-0.3, -0.25) is 19.7 Å². The normalized spacial score (nSPS) is 10.6. The molecule has 0 aliphatic carbocycles. The van der Waals surface area contributed by atoms with E-state index in [0.29, 0.717) is 22.4 Å². The van der Waals surface area contributed by atoms with Gasteiger partial charge in [-0.25, -0.2) is 10.2 Å². The maximum absolute atomic E-state index is 12.5. The first kappa shape index (κ1) is 26.9. The average Bonchev–Trinajstić information content (AvgIpc) is 2.94. The van der Waals surface area contributed by atoms with Crippen LogP contribution in [-0.2, 0) is 0 Å². The summed E-state index contributed by atoms with van der Waals surface area (Å²) in [4.78, 5) is 47.5. The van der Waals surface area contributed by atoms with Crippen LogP contribution in [0.5, 0.6) is 5.75 Å². The van der Waals surface area contributed by atoms with Gasteiger partial charge in [0.05, 0.1) is 16.7 Å². The third-order valence-corrected chi connectivity index (χ3v) is 5.85. The number of anilines is 1. The molecule has 0 radical (unpaired) electrons. The molecule has 10 nitrogen and oxygen atoms in total. The third-order valence-electron chi connectivity index (χ3n) is 5.32.